The van der Waals surface area contributed by atoms with Crippen LogP contribution in [0.3, 0.4) is 0 Å². The Hall–Kier alpha value is -2.60. The van der Waals surface area contributed by atoms with Crippen molar-refractivity contribution in [1.29, 1.82) is 0 Å². The standard InChI is InChI=1S/C19H16BrN3O2/c1-3-23-15-7-5-4-6-11(15)10-16(23)18-21-14-9-12(19(24)25)8-13(20)17(14)22(18)2/h4-10H,3H2,1-2H3,(H,24,25). The zero-order valence-electron chi connectivity index (χ0n) is 13.8. The molecule has 126 valence electrons. The number of benzene rings is 2. The summed E-state index contributed by atoms with van der Waals surface area (Å²) in [6.45, 7) is 2.94. The van der Waals surface area contributed by atoms with E-state index in [0.717, 1.165) is 39.0 Å². The molecular weight excluding hydrogens is 382 g/mol. The highest BCUT2D eigenvalue weighted by Crippen LogP contribution is 2.33. The topological polar surface area (TPSA) is 60.1 Å². The van der Waals surface area contributed by atoms with Crippen LogP contribution in [0.2, 0.25) is 0 Å². The summed E-state index contributed by atoms with van der Waals surface area (Å²) in [4.78, 5) is 16.1. The molecule has 0 saturated carbocycles. The monoisotopic (exact) mass is 397 g/mol. The molecule has 2 heterocycles. The number of carboxylic acids is 1. The minimum atomic E-state index is -0.961. The number of aromatic carboxylic acids is 1. The Morgan fingerprint density at radius 2 is 2.00 bits per heavy atom. The van der Waals surface area contributed by atoms with E-state index < -0.39 is 5.97 Å². The van der Waals surface area contributed by atoms with Gasteiger partial charge in [-0.25, -0.2) is 9.78 Å². The molecule has 0 fully saturated rings. The van der Waals surface area contributed by atoms with Gasteiger partial charge in [0, 0.05) is 29.0 Å². The van der Waals surface area contributed by atoms with Gasteiger partial charge in [-0.3, -0.25) is 0 Å². The number of aryl methyl sites for hydroxylation is 2. The maximum Gasteiger partial charge on any atom is 0.335 e. The van der Waals surface area contributed by atoms with Crippen LogP contribution in [-0.2, 0) is 13.6 Å². The summed E-state index contributed by atoms with van der Waals surface area (Å²) in [5, 5.41) is 10.4. The Morgan fingerprint density at radius 3 is 2.72 bits per heavy atom. The second-order valence-electron chi connectivity index (χ2n) is 5.96. The largest absolute Gasteiger partial charge is 0.478 e. The van der Waals surface area contributed by atoms with Crippen molar-refractivity contribution < 1.29 is 9.90 Å². The van der Waals surface area contributed by atoms with E-state index in [2.05, 4.69) is 45.6 Å². The van der Waals surface area contributed by atoms with Crippen LogP contribution in [0.4, 0.5) is 0 Å². The maximum absolute atomic E-state index is 11.3. The van der Waals surface area contributed by atoms with Crippen molar-refractivity contribution >= 4 is 43.8 Å². The molecule has 4 rings (SSSR count). The first-order chi connectivity index (χ1) is 12.0. The fourth-order valence-corrected chi connectivity index (χ4v) is 4.10. The minimum absolute atomic E-state index is 0.222. The molecule has 0 unspecified atom stereocenters. The molecule has 25 heavy (non-hydrogen) atoms. The van der Waals surface area contributed by atoms with Crippen LogP contribution in [0.25, 0.3) is 33.5 Å². The van der Waals surface area contributed by atoms with E-state index in [1.54, 1.807) is 12.1 Å². The van der Waals surface area contributed by atoms with Gasteiger partial charge in [-0.15, -0.1) is 0 Å². The van der Waals surface area contributed by atoms with Crippen molar-refractivity contribution in [2.75, 3.05) is 0 Å². The first kappa shape index (κ1) is 15.9. The molecule has 0 amide bonds. The SMILES string of the molecule is CCn1c(-c2nc3cc(C(=O)O)cc(Br)c3n2C)cc2ccccc21. The van der Waals surface area contributed by atoms with E-state index in [-0.39, 0.29) is 5.56 Å². The highest BCUT2D eigenvalue weighted by Gasteiger charge is 2.19. The Bertz CT molecular complexity index is 1140. The van der Waals surface area contributed by atoms with Crippen LogP contribution >= 0.6 is 15.9 Å². The smallest absolute Gasteiger partial charge is 0.335 e. The van der Waals surface area contributed by atoms with Crippen LogP contribution in [0.5, 0.6) is 0 Å². The third-order valence-electron chi connectivity index (χ3n) is 4.53. The van der Waals surface area contributed by atoms with Crippen molar-refractivity contribution in [3.05, 3.63) is 52.5 Å². The molecule has 2 aromatic carbocycles. The summed E-state index contributed by atoms with van der Waals surface area (Å²) >= 11 is 3.49. The average Bonchev–Trinajstić information content (AvgIpc) is 3.12. The van der Waals surface area contributed by atoms with Crippen LogP contribution in [0, 0.1) is 0 Å². The maximum atomic E-state index is 11.3. The third-order valence-corrected chi connectivity index (χ3v) is 5.13. The lowest BCUT2D eigenvalue weighted by atomic mass is 10.2. The van der Waals surface area contributed by atoms with Gasteiger partial charge < -0.3 is 14.2 Å². The van der Waals surface area contributed by atoms with E-state index in [1.807, 2.05) is 23.7 Å². The van der Waals surface area contributed by atoms with Gasteiger partial charge in [-0.2, -0.15) is 0 Å². The fourth-order valence-electron chi connectivity index (χ4n) is 3.39. The Morgan fingerprint density at radius 1 is 1.24 bits per heavy atom. The molecule has 0 atom stereocenters. The first-order valence-corrected chi connectivity index (χ1v) is 8.78. The number of carbonyl (C=O) groups is 1. The van der Waals surface area contributed by atoms with Crippen LogP contribution in [-0.4, -0.2) is 25.2 Å². The van der Waals surface area contributed by atoms with Gasteiger partial charge in [-0.05, 0) is 47.1 Å². The molecule has 4 aromatic rings. The van der Waals surface area contributed by atoms with Gasteiger partial charge in [0.25, 0.3) is 0 Å². The van der Waals surface area contributed by atoms with Crippen molar-refractivity contribution in [3.63, 3.8) is 0 Å². The summed E-state index contributed by atoms with van der Waals surface area (Å²) in [6, 6.07) is 13.6. The van der Waals surface area contributed by atoms with Gasteiger partial charge in [0.05, 0.1) is 22.3 Å². The summed E-state index contributed by atoms with van der Waals surface area (Å²) in [7, 11) is 1.95. The van der Waals surface area contributed by atoms with Gasteiger partial charge in [0.2, 0.25) is 0 Å². The average molecular weight is 398 g/mol. The molecule has 0 spiro atoms. The van der Waals surface area contributed by atoms with Gasteiger partial charge in [0.1, 0.15) is 0 Å². The van der Waals surface area contributed by atoms with Crippen LogP contribution in [0.1, 0.15) is 17.3 Å². The number of hydrogen-bond acceptors (Lipinski definition) is 2. The molecule has 0 aliphatic carbocycles. The predicted molar refractivity (Wildman–Crippen MR) is 102 cm³/mol. The zero-order chi connectivity index (χ0) is 17.7. The van der Waals surface area contributed by atoms with Crippen molar-refractivity contribution in [2.45, 2.75) is 13.5 Å². The van der Waals surface area contributed by atoms with Gasteiger partial charge >= 0.3 is 5.97 Å². The molecule has 1 N–H and O–H groups in total. The third kappa shape index (κ3) is 2.36. The number of fused-ring (bicyclic) bond motifs is 2. The van der Waals surface area contributed by atoms with Crippen molar-refractivity contribution in [1.82, 2.24) is 14.1 Å². The number of nitrogens with zero attached hydrogens (tertiary/aromatic N) is 3. The minimum Gasteiger partial charge on any atom is -0.478 e. The fraction of sp³-hybridized carbons (Fsp3) is 0.158. The molecule has 0 aliphatic heterocycles. The Kier molecular flexibility index (Phi) is 3.65. The van der Waals surface area contributed by atoms with Crippen LogP contribution < -0.4 is 0 Å². The van der Waals surface area contributed by atoms with Crippen molar-refractivity contribution in [2.24, 2.45) is 7.05 Å². The molecule has 0 bridgehead atoms. The number of carboxylic acid groups (broad SMARTS) is 1. The molecule has 0 aliphatic rings. The lowest BCUT2D eigenvalue weighted by Gasteiger charge is -2.08. The quantitative estimate of drug-likeness (QED) is 0.545. The first-order valence-electron chi connectivity index (χ1n) is 7.99. The van der Waals surface area contributed by atoms with E-state index in [0.29, 0.717) is 5.52 Å². The molecule has 2 aromatic heterocycles. The van der Waals surface area contributed by atoms with Crippen molar-refractivity contribution in [3.8, 4) is 11.5 Å². The normalized spacial score (nSPS) is 11.5. The summed E-state index contributed by atoms with van der Waals surface area (Å²) in [6.07, 6.45) is 0. The Labute approximate surface area is 152 Å². The Balaban J connectivity index is 2.03. The molecule has 0 radical (unpaired) electrons. The summed E-state index contributed by atoms with van der Waals surface area (Å²) in [5.74, 6) is -0.145. The van der Waals surface area contributed by atoms with Gasteiger partial charge in [0.15, 0.2) is 5.82 Å². The highest BCUT2D eigenvalue weighted by atomic mass is 79.9. The molecule has 0 saturated heterocycles. The second kappa shape index (κ2) is 5.74. The summed E-state index contributed by atoms with van der Waals surface area (Å²) < 4.78 is 4.95. The molecule has 6 heteroatoms. The van der Waals surface area contributed by atoms with Gasteiger partial charge in [-0.1, -0.05) is 18.2 Å². The number of rotatable bonds is 3. The molecule has 5 nitrogen and oxygen atoms in total. The van der Waals surface area contributed by atoms with E-state index in [1.165, 1.54) is 0 Å². The molecular formula is C19H16BrN3O2. The number of halogens is 1. The number of para-hydroxylation sites is 1. The van der Waals surface area contributed by atoms with Crippen LogP contribution in [0.15, 0.2) is 46.9 Å². The zero-order valence-corrected chi connectivity index (χ0v) is 15.4. The van der Waals surface area contributed by atoms with E-state index in [9.17, 15) is 9.90 Å². The lowest BCUT2D eigenvalue weighted by molar-refractivity contribution is 0.0697. The number of imidazole rings is 1. The number of aromatic nitrogens is 3. The van der Waals surface area contributed by atoms with E-state index >= 15 is 0 Å². The highest BCUT2D eigenvalue weighted by molar-refractivity contribution is 9.10. The van der Waals surface area contributed by atoms with E-state index in [4.69, 9.17) is 4.98 Å². The number of hydrogen-bond donors (Lipinski definition) is 1. The second-order valence-corrected chi connectivity index (χ2v) is 6.81. The predicted octanol–water partition coefficient (Wildman–Crippen LogP) is 4.68. The lowest BCUT2D eigenvalue weighted by Crippen LogP contribution is -2.01. The summed E-state index contributed by atoms with van der Waals surface area (Å²) in [5.41, 5.74) is 3.95.